The lowest BCUT2D eigenvalue weighted by atomic mass is 9.98. The second-order valence-electron chi connectivity index (χ2n) is 7.07. The lowest BCUT2D eigenvalue weighted by molar-refractivity contribution is -0.384. The maximum absolute atomic E-state index is 11.1. The van der Waals surface area contributed by atoms with Gasteiger partial charge in [-0.1, -0.05) is 24.3 Å². The first-order chi connectivity index (χ1) is 14.7. The summed E-state index contributed by atoms with van der Waals surface area (Å²) in [6, 6.07) is 16.8. The Bertz CT molecular complexity index is 1110. The molecule has 0 radical (unpaired) electrons. The van der Waals surface area contributed by atoms with Crippen LogP contribution in [0.5, 0.6) is 5.75 Å². The highest BCUT2D eigenvalue weighted by Crippen LogP contribution is 2.31. The molecular weight excluding hydrogens is 382 g/mol. The second kappa shape index (κ2) is 8.92. The summed E-state index contributed by atoms with van der Waals surface area (Å²) < 4.78 is 11.1. The van der Waals surface area contributed by atoms with E-state index in [1.54, 1.807) is 19.2 Å². The Morgan fingerprint density at radius 3 is 2.70 bits per heavy atom. The molecule has 0 saturated heterocycles. The third-order valence-electron chi connectivity index (χ3n) is 5.01. The average molecular weight is 405 g/mol. The van der Waals surface area contributed by atoms with Crippen LogP contribution >= 0.6 is 0 Å². The van der Waals surface area contributed by atoms with Crippen molar-refractivity contribution in [1.29, 1.82) is 0 Å². The zero-order chi connectivity index (χ0) is 20.9. The van der Waals surface area contributed by atoms with Gasteiger partial charge in [0.05, 0.1) is 23.6 Å². The SMILES string of the molecule is COCCCOc1cc2ccc(-c3cccc([N+](=O)[O-])c3)cc2cc1C1=NCCN1. The van der Waals surface area contributed by atoms with E-state index >= 15 is 0 Å². The van der Waals surface area contributed by atoms with E-state index in [1.165, 1.54) is 6.07 Å². The number of ether oxygens (including phenoxy) is 2. The number of nitro benzene ring substituents is 1. The first-order valence-corrected chi connectivity index (χ1v) is 9.89. The highest BCUT2D eigenvalue weighted by molar-refractivity contribution is 6.06. The number of hydrogen-bond donors (Lipinski definition) is 1. The summed E-state index contributed by atoms with van der Waals surface area (Å²) in [7, 11) is 1.68. The maximum Gasteiger partial charge on any atom is 0.270 e. The van der Waals surface area contributed by atoms with Crippen molar-refractivity contribution in [3.05, 3.63) is 70.3 Å². The highest BCUT2D eigenvalue weighted by atomic mass is 16.6. The van der Waals surface area contributed by atoms with Gasteiger partial charge in [0, 0.05) is 38.8 Å². The van der Waals surface area contributed by atoms with Gasteiger partial charge in [-0.15, -0.1) is 0 Å². The van der Waals surface area contributed by atoms with Gasteiger partial charge in [-0.3, -0.25) is 15.1 Å². The molecule has 7 nitrogen and oxygen atoms in total. The first kappa shape index (κ1) is 19.8. The van der Waals surface area contributed by atoms with Gasteiger partial charge in [0.2, 0.25) is 0 Å². The normalized spacial score (nSPS) is 13.2. The van der Waals surface area contributed by atoms with Crippen molar-refractivity contribution in [2.75, 3.05) is 33.4 Å². The Labute approximate surface area is 174 Å². The van der Waals surface area contributed by atoms with Crippen molar-refractivity contribution in [3.63, 3.8) is 0 Å². The quantitative estimate of drug-likeness (QED) is 0.345. The number of nitrogens with one attached hydrogen (secondary N) is 1. The third-order valence-corrected chi connectivity index (χ3v) is 5.01. The Kier molecular flexibility index (Phi) is 5.90. The minimum Gasteiger partial charge on any atom is -0.493 e. The Balaban J connectivity index is 1.73. The topological polar surface area (TPSA) is 86.0 Å². The molecule has 0 saturated carbocycles. The lowest BCUT2D eigenvalue weighted by Gasteiger charge is -2.14. The van der Waals surface area contributed by atoms with Gasteiger partial charge in [0.1, 0.15) is 11.6 Å². The fourth-order valence-electron chi connectivity index (χ4n) is 3.52. The largest absolute Gasteiger partial charge is 0.493 e. The van der Waals surface area contributed by atoms with Crippen LogP contribution in [0.4, 0.5) is 5.69 Å². The summed E-state index contributed by atoms with van der Waals surface area (Å²) in [4.78, 5) is 15.3. The Morgan fingerprint density at radius 2 is 1.93 bits per heavy atom. The second-order valence-corrected chi connectivity index (χ2v) is 7.07. The molecule has 0 bridgehead atoms. The van der Waals surface area contributed by atoms with E-state index in [9.17, 15) is 10.1 Å². The van der Waals surface area contributed by atoms with Crippen molar-refractivity contribution in [2.24, 2.45) is 4.99 Å². The van der Waals surface area contributed by atoms with Crippen molar-refractivity contribution < 1.29 is 14.4 Å². The molecule has 1 N–H and O–H groups in total. The van der Waals surface area contributed by atoms with Crippen molar-refractivity contribution in [1.82, 2.24) is 5.32 Å². The molecule has 1 aliphatic rings. The molecule has 0 amide bonds. The van der Waals surface area contributed by atoms with Gasteiger partial charge in [0.25, 0.3) is 5.69 Å². The minimum absolute atomic E-state index is 0.0811. The van der Waals surface area contributed by atoms with Crippen LogP contribution in [0.2, 0.25) is 0 Å². The predicted octanol–water partition coefficient (Wildman–Crippen LogP) is 4.18. The number of rotatable bonds is 8. The van der Waals surface area contributed by atoms with Gasteiger partial charge in [-0.2, -0.15) is 0 Å². The third kappa shape index (κ3) is 4.26. The van der Waals surface area contributed by atoms with Gasteiger partial charge in [-0.05, 0) is 40.1 Å². The number of hydrogen-bond acceptors (Lipinski definition) is 6. The van der Waals surface area contributed by atoms with Crippen molar-refractivity contribution in [2.45, 2.75) is 6.42 Å². The fraction of sp³-hybridized carbons (Fsp3) is 0.261. The minimum atomic E-state index is -0.375. The van der Waals surface area contributed by atoms with Crippen LogP contribution < -0.4 is 10.1 Å². The van der Waals surface area contributed by atoms with Crippen LogP contribution in [0, 0.1) is 10.1 Å². The molecule has 0 aromatic heterocycles. The lowest BCUT2D eigenvalue weighted by Crippen LogP contribution is -2.20. The summed E-state index contributed by atoms with van der Waals surface area (Å²) in [6.07, 6.45) is 0.805. The predicted molar refractivity (Wildman–Crippen MR) is 117 cm³/mol. The number of fused-ring (bicyclic) bond motifs is 1. The van der Waals surface area contributed by atoms with Crippen LogP contribution in [0.3, 0.4) is 0 Å². The van der Waals surface area contributed by atoms with Crippen LogP contribution in [0.15, 0.2) is 59.6 Å². The molecule has 4 rings (SSSR count). The van der Waals surface area contributed by atoms with Crippen LogP contribution in [-0.4, -0.2) is 44.2 Å². The van der Waals surface area contributed by atoms with Gasteiger partial charge in [-0.25, -0.2) is 0 Å². The van der Waals surface area contributed by atoms with E-state index in [2.05, 4.69) is 16.4 Å². The van der Waals surface area contributed by atoms with E-state index in [0.29, 0.717) is 13.2 Å². The maximum atomic E-state index is 11.1. The van der Waals surface area contributed by atoms with E-state index in [4.69, 9.17) is 9.47 Å². The summed E-state index contributed by atoms with van der Waals surface area (Å²) in [5.74, 6) is 1.62. The molecule has 30 heavy (non-hydrogen) atoms. The number of nitrogens with zero attached hydrogens (tertiary/aromatic N) is 2. The summed E-state index contributed by atoms with van der Waals surface area (Å²) in [5.41, 5.74) is 2.74. The summed E-state index contributed by atoms with van der Waals surface area (Å²) >= 11 is 0. The van der Waals surface area contributed by atoms with Crippen LogP contribution in [0.1, 0.15) is 12.0 Å². The number of non-ortho nitro benzene ring substituents is 1. The molecule has 154 valence electrons. The number of amidine groups is 1. The zero-order valence-electron chi connectivity index (χ0n) is 16.8. The monoisotopic (exact) mass is 405 g/mol. The van der Waals surface area contributed by atoms with Crippen LogP contribution in [-0.2, 0) is 4.74 Å². The first-order valence-electron chi connectivity index (χ1n) is 9.89. The number of aliphatic imine (C=N–C) groups is 1. The average Bonchev–Trinajstić information content (AvgIpc) is 3.30. The molecule has 1 heterocycles. The number of benzene rings is 3. The van der Waals surface area contributed by atoms with Gasteiger partial charge in [0.15, 0.2) is 0 Å². The highest BCUT2D eigenvalue weighted by Gasteiger charge is 2.16. The number of nitro groups is 1. The number of methoxy groups -OCH3 is 1. The molecule has 0 spiro atoms. The Hall–Kier alpha value is -3.45. The van der Waals surface area contributed by atoms with E-state index in [1.807, 2.05) is 30.3 Å². The molecule has 1 aliphatic heterocycles. The van der Waals surface area contributed by atoms with Gasteiger partial charge < -0.3 is 14.8 Å². The molecule has 0 fully saturated rings. The van der Waals surface area contributed by atoms with Gasteiger partial charge >= 0.3 is 0 Å². The van der Waals surface area contributed by atoms with E-state index in [-0.39, 0.29) is 10.6 Å². The molecule has 3 aromatic carbocycles. The van der Waals surface area contributed by atoms with E-state index in [0.717, 1.165) is 58.6 Å². The molecular formula is C23H23N3O4. The Morgan fingerprint density at radius 1 is 1.07 bits per heavy atom. The van der Waals surface area contributed by atoms with E-state index < -0.39 is 0 Å². The zero-order valence-corrected chi connectivity index (χ0v) is 16.8. The molecule has 0 atom stereocenters. The standard InChI is InChI=1S/C23H23N3O4/c1-29-10-3-11-30-22-15-18-7-6-17(16-4-2-5-20(13-16)26(27)28)12-19(18)14-21(22)23-24-8-9-25-23/h2,4-7,12-15H,3,8-11H2,1H3,(H,24,25). The molecule has 3 aromatic rings. The summed E-state index contributed by atoms with van der Waals surface area (Å²) in [6.45, 7) is 2.76. The van der Waals surface area contributed by atoms with Crippen LogP contribution in [0.25, 0.3) is 21.9 Å². The van der Waals surface area contributed by atoms with Crippen molar-refractivity contribution in [3.8, 4) is 16.9 Å². The molecule has 7 heteroatoms. The molecule has 0 unspecified atom stereocenters. The fourth-order valence-corrected chi connectivity index (χ4v) is 3.52. The molecule has 0 aliphatic carbocycles. The summed E-state index contributed by atoms with van der Waals surface area (Å²) in [5, 5.41) is 16.5. The smallest absolute Gasteiger partial charge is 0.270 e. The van der Waals surface area contributed by atoms with Crippen molar-refractivity contribution >= 4 is 22.3 Å².